The molecule has 5 rings (SSSR count). The summed E-state index contributed by atoms with van der Waals surface area (Å²) in [7, 11) is 3.31. The molecule has 0 N–H and O–H groups in total. The van der Waals surface area contributed by atoms with Gasteiger partial charge in [0.25, 0.3) is 0 Å². The first kappa shape index (κ1) is 24.7. The molecule has 1 fully saturated rings. The molecule has 1 saturated heterocycles. The van der Waals surface area contributed by atoms with Gasteiger partial charge in [0, 0.05) is 32.0 Å². The molecule has 192 valence electrons. The second kappa shape index (κ2) is 11.4. The predicted molar refractivity (Wildman–Crippen MR) is 143 cm³/mol. The zero-order valence-corrected chi connectivity index (χ0v) is 21.4. The van der Waals surface area contributed by atoms with Crippen LogP contribution in [0.2, 0.25) is 0 Å². The summed E-state index contributed by atoms with van der Waals surface area (Å²) in [6, 6.07) is 23.8. The molecule has 7 heteroatoms. The number of para-hydroxylation sites is 4. The van der Waals surface area contributed by atoms with Gasteiger partial charge in [0.1, 0.15) is 11.6 Å². The zero-order valence-electron chi connectivity index (χ0n) is 21.4. The van der Waals surface area contributed by atoms with Gasteiger partial charge < -0.3 is 23.7 Å². The lowest BCUT2D eigenvalue weighted by Crippen LogP contribution is -2.24. The summed E-state index contributed by atoms with van der Waals surface area (Å²) in [6.45, 7) is 2.71. The molecular formula is C30H33N3O4. The van der Waals surface area contributed by atoms with Gasteiger partial charge in [-0.1, -0.05) is 36.4 Å². The van der Waals surface area contributed by atoms with Crippen LogP contribution in [-0.4, -0.2) is 47.7 Å². The van der Waals surface area contributed by atoms with Crippen LogP contribution < -0.4 is 14.2 Å². The lowest BCUT2D eigenvalue weighted by molar-refractivity contribution is -0.128. The maximum absolute atomic E-state index is 12.9. The summed E-state index contributed by atoms with van der Waals surface area (Å²) >= 11 is 0. The van der Waals surface area contributed by atoms with Gasteiger partial charge in [0.2, 0.25) is 5.91 Å². The lowest BCUT2D eigenvalue weighted by Gasteiger charge is -2.18. The molecule has 1 aliphatic heterocycles. The number of amides is 1. The Kier molecular flexibility index (Phi) is 7.59. The maximum atomic E-state index is 12.9. The number of rotatable bonds is 11. The molecule has 0 spiro atoms. The Morgan fingerprint density at radius 2 is 1.65 bits per heavy atom. The SMILES string of the molecule is COc1ccc(CN2CC(c3nc4ccccc4n3CCCCOc3ccccc3OC)CC2=O)cc1. The third kappa shape index (κ3) is 5.56. The quantitative estimate of drug-likeness (QED) is 0.258. The fourth-order valence-electron chi connectivity index (χ4n) is 4.98. The number of unbranched alkanes of at least 4 members (excludes halogenated alkanes) is 1. The third-order valence-electron chi connectivity index (χ3n) is 6.90. The van der Waals surface area contributed by atoms with E-state index in [1.165, 1.54) is 0 Å². The highest BCUT2D eigenvalue weighted by Crippen LogP contribution is 2.32. The molecule has 1 amide bonds. The van der Waals surface area contributed by atoms with E-state index in [0.717, 1.165) is 59.1 Å². The van der Waals surface area contributed by atoms with Crippen molar-refractivity contribution in [1.29, 1.82) is 0 Å². The van der Waals surface area contributed by atoms with Gasteiger partial charge in [0.15, 0.2) is 11.5 Å². The largest absolute Gasteiger partial charge is 0.497 e. The Balaban J connectivity index is 1.25. The number of carbonyl (C=O) groups excluding carboxylic acids is 1. The summed E-state index contributed by atoms with van der Waals surface area (Å²) in [5, 5.41) is 0. The lowest BCUT2D eigenvalue weighted by atomic mass is 10.1. The number of carbonyl (C=O) groups is 1. The Morgan fingerprint density at radius 3 is 2.43 bits per heavy atom. The first-order chi connectivity index (χ1) is 18.2. The average Bonchev–Trinajstić information content (AvgIpc) is 3.49. The van der Waals surface area contributed by atoms with E-state index in [2.05, 4.69) is 10.6 Å². The van der Waals surface area contributed by atoms with Crippen molar-refractivity contribution in [1.82, 2.24) is 14.5 Å². The molecule has 37 heavy (non-hydrogen) atoms. The van der Waals surface area contributed by atoms with Crippen LogP contribution in [0, 0.1) is 0 Å². The van der Waals surface area contributed by atoms with Crippen molar-refractivity contribution in [3.8, 4) is 17.2 Å². The molecule has 1 atom stereocenters. The molecule has 2 heterocycles. The van der Waals surface area contributed by atoms with Gasteiger partial charge >= 0.3 is 0 Å². The van der Waals surface area contributed by atoms with Crippen molar-refractivity contribution in [2.45, 2.75) is 38.3 Å². The molecule has 7 nitrogen and oxygen atoms in total. The number of nitrogens with zero attached hydrogens (tertiary/aromatic N) is 3. The number of hydrogen-bond acceptors (Lipinski definition) is 5. The Morgan fingerprint density at radius 1 is 0.892 bits per heavy atom. The number of aryl methyl sites for hydroxylation is 1. The monoisotopic (exact) mass is 499 g/mol. The highest BCUT2D eigenvalue weighted by atomic mass is 16.5. The summed E-state index contributed by atoms with van der Waals surface area (Å²) in [4.78, 5) is 19.9. The Labute approximate surface area is 217 Å². The van der Waals surface area contributed by atoms with Crippen LogP contribution in [0.3, 0.4) is 0 Å². The normalized spacial score (nSPS) is 15.4. The van der Waals surface area contributed by atoms with E-state index in [1.54, 1.807) is 14.2 Å². The first-order valence-electron chi connectivity index (χ1n) is 12.8. The molecule has 1 unspecified atom stereocenters. The number of imidazole rings is 1. The van der Waals surface area contributed by atoms with Crippen LogP contribution in [0.4, 0.5) is 0 Å². The van der Waals surface area contributed by atoms with E-state index in [4.69, 9.17) is 19.2 Å². The second-order valence-corrected chi connectivity index (χ2v) is 9.34. The van der Waals surface area contributed by atoms with Gasteiger partial charge in [0.05, 0.1) is 31.9 Å². The van der Waals surface area contributed by atoms with E-state index in [1.807, 2.05) is 71.6 Å². The summed E-state index contributed by atoms with van der Waals surface area (Å²) in [5.74, 6) is 3.57. The van der Waals surface area contributed by atoms with E-state index < -0.39 is 0 Å². The van der Waals surface area contributed by atoms with Gasteiger partial charge in [-0.05, 0) is 54.8 Å². The van der Waals surface area contributed by atoms with Crippen molar-refractivity contribution >= 4 is 16.9 Å². The molecule has 0 radical (unpaired) electrons. The Bertz CT molecular complexity index is 1350. The van der Waals surface area contributed by atoms with Crippen LogP contribution in [0.15, 0.2) is 72.8 Å². The van der Waals surface area contributed by atoms with Crippen LogP contribution in [0.5, 0.6) is 17.2 Å². The number of fused-ring (bicyclic) bond motifs is 1. The third-order valence-corrected chi connectivity index (χ3v) is 6.90. The van der Waals surface area contributed by atoms with Gasteiger partial charge in [-0.25, -0.2) is 4.98 Å². The molecule has 0 saturated carbocycles. The van der Waals surface area contributed by atoms with Crippen molar-refractivity contribution < 1.29 is 19.0 Å². The number of hydrogen-bond donors (Lipinski definition) is 0. The van der Waals surface area contributed by atoms with E-state index in [9.17, 15) is 4.79 Å². The highest BCUT2D eigenvalue weighted by Gasteiger charge is 2.34. The minimum atomic E-state index is 0.0722. The molecule has 1 aromatic heterocycles. The van der Waals surface area contributed by atoms with Crippen LogP contribution >= 0.6 is 0 Å². The number of methoxy groups -OCH3 is 2. The summed E-state index contributed by atoms with van der Waals surface area (Å²) in [6.07, 6.45) is 2.33. The number of ether oxygens (including phenoxy) is 3. The standard InChI is InChI=1S/C30H33N3O4/c1-35-24-15-13-22(14-16-24)20-32-21-23(19-29(32)34)30-31-25-9-3-4-10-26(25)33(30)17-7-8-18-37-28-12-6-5-11-27(28)36-2/h3-6,9-16,23H,7-8,17-21H2,1-2H3. The van der Waals surface area contributed by atoms with Crippen molar-refractivity contribution in [3.63, 3.8) is 0 Å². The van der Waals surface area contributed by atoms with Gasteiger partial charge in [-0.2, -0.15) is 0 Å². The van der Waals surface area contributed by atoms with Gasteiger partial charge in [-0.15, -0.1) is 0 Å². The number of benzene rings is 3. The number of aromatic nitrogens is 2. The van der Waals surface area contributed by atoms with Crippen molar-refractivity contribution in [3.05, 3.63) is 84.2 Å². The van der Waals surface area contributed by atoms with Crippen LogP contribution in [-0.2, 0) is 17.9 Å². The fraction of sp³-hybridized carbons (Fsp3) is 0.333. The van der Waals surface area contributed by atoms with E-state index in [0.29, 0.717) is 26.1 Å². The molecule has 3 aromatic carbocycles. The molecule has 0 bridgehead atoms. The molecular weight excluding hydrogens is 466 g/mol. The summed E-state index contributed by atoms with van der Waals surface area (Å²) in [5.41, 5.74) is 3.19. The zero-order chi connectivity index (χ0) is 25.6. The van der Waals surface area contributed by atoms with Crippen LogP contribution in [0.25, 0.3) is 11.0 Å². The summed E-state index contributed by atoms with van der Waals surface area (Å²) < 4.78 is 18.9. The minimum absolute atomic E-state index is 0.0722. The topological polar surface area (TPSA) is 65.8 Å². The van der Waals surface area contributed by atoms with Crippen LogP contribution in [0.1, 0.15) is 36.6 Å². The highest BCUT2D eigenvalue weighted by molar-refractivity contribution is 5.81. The minimum Gasteiger partial charge on any atom is -0.497 e. The molecule has 0 aliphatic carbocycles. The van der Waals surface area contributed by atoms with Crippen molar-refractivity contribution in [2.24, 2.45) is 0 Å². The maximum Gasteiger partial charge on any atom is 0.223 e. The molecule has 4 aromatic rings. The van der Waals surface area contributed by atoms with Crippen molar-refractivity contribution in [2.75, 3.05) is 27.4 Å². The average molecular weight is 500 g/mol. The second-order valence-electron chi connectivity index (χ2n) is 9.34. The van der Waals surface area contributed by atoms with E-state index >= 15 is 0 Å². The number of likely N-dealkylation sites (tertiary alicyclic amines) is 1. The first-order valence-corrected chi connectivity index (χ1v) is 12.8. The van der Waals surface area contributed by atoms with E-state index in [-0.39, 0.29) is 11.8 Å². The fourth-order valence-corrected chi connectivity index (χ4v) is 4.98. The Hall–Kier alpha value is -4.00. The predicted octanol–water partition coefficient (Wildman–Crippen LogP) is 5.43. The molecule has 1 aliphatic rings. The van der Waals surface area contributed by atoms with Gasteiger partial charge in [-0.3, -0.25) is 4.79 Å². The smallest absolute Gasteiger partial charge is 0.223 e.